The van der Waals surface area contributed by atoms with Crippen LogP contribution in [0.3, 0.4) is 0 Å². The van der Waals surface area contributed by atoms with Crippen LogP contribution in [-0.2, 0) is 28.6 Å². The summed E-state index contributed by atoms with van der Waals surface area (Å²) in [4.78, 5) is 38.2. The minimum Gasteiger partial charge on any atom is -0.462 e. The Bertz CT molecular complexity index is 1480. The van der Waals surface area contributed by atoms with E-state index in [4.69, 9.17) is 14.2 Å². The number of hydrogen-bond donors (Lipinski definition) is 0. The van der Waals surface area contributed by atoms with Crippen molar-refractivity contribution in [2.45, 2.75) is 309 Å². The first-order valence-electron chi connectivity index (χ1n) is 31.7. The number of hydrogen-bond acceptors (Lipinski definition) is 6. The van der Waals surface area contributed by atoms with E-state index in [1.807, 2.05) is 0 Å². The van der Waals surface area contributed by atoms with Gasteiger partial charge in [0.2, 0.25) is 0 Å². The van der Waals surface area contributed by atoms with Gasteiger partial charge in [-0.2, -0.15) is 0 Å². The van der Waals surface area contributed by atoms with Crippen LogP contribution in [-0.4, -0.2) is 37.2 Å². The van der Waals surface area contributed by atoms with Gasteiger partial charge in [0.25, 0.3) is 0 Å². The highest BCUT2D eigenvalue weighted by Gasteiger charge is 2.19. The van der Waals surface area contributed by atoms with E-state index in [0.29, 0.717) is 12.8 Å². The molecule has 1 atom stereocenters. The summed E-state index contributed by atoms with van der Waals surface area (Å²) in [6, 6.07) is 0. The van der Waals surface area contributed by atoms with Crippen LogP contribution in [0.1, 0.15) is 303 Å². The van der Waals surface area contributed by atoms with Crippen LogP contribution in [0.4, 0.5) is 0 Å². The number of carbonyl (C=O) groups excluding carboxylic acids is 3. The van der Waals surface area contributed by atoms with E-state index in [9.17, 15) is 14.4 Å². The highest BCUT2D eigenvalue weighted by molar-refractivity contribution is 5.71. The Morgan fingerprint density at radius 2 is 0.520 bits per heavy atom. The molecule has 6 nitrogen and oxygen atoms in total. The molecule has 0 aromatic carbocycles. The maximum absolute atomic E-state index is 12.9. The zero-order valence-electron chi connectivity index (χ0n) is 49.3. The van der Waals surface area contributed by atoms with Crippen LogP contribution >= 0.6 is 0 Å². The molecule has 0 bridgehead atoms. The summed E-state index contributed by atoms with van der Waals surface area (Å²) in [5.41, 5.74) is 0. The third kappa shape index (κ3) is 61.1. The third-order valence-corrected chi connectivity index (χ3v) is 13.6. The fourth-order valence-electron chi connectivity index (χ4n) is 8.83. The molecule has 0 amide bonds. The molecule has 0 rings (SSSR count). The molecule has 0 saturated heterocycles. The molecule has 0 aliphatic carbocycles. The predicted octanol–water partition coefficient (Wildman–Crippen LogP) is 21.7. The largest absolute Gasteiger partial charge is 0.462 e. The van der Waals surface area contributed by atoms with Crippen molar-refractivity contribution >= 4 is 17.9 Å². The number of esters is 3. The van der Waals surface area contributed by atoms with Gasteiger partial charge in [-0.15, -0.1) is 0 Å². The van der Waals surface area contributed by atoms with Gasteiger partial charge in [-0.1, -0.05) is 279 Å². The lowest BCUT2D eigenvalue weighted by Crippen LogP contribution is -2.30. The second-order valence-electron chi connectivity index (χ2n) is 20.9. The molecular weight excluding hydrogens is 925 g/mol. The molecule has 0 aliphatic rings. The maximum atomic E-state index is 12.9. The molecule has 6 heteroatoms. The van der Waals surface area contributed by atoms with Crippen molar-refractivity contribution in [2.24, 2.45) is 0 Å². The van der Waals surface area contributed by atoms with Crippen molar-refractivity contribution in [3.8, 4) is 0 Å². The summed E-state index contributed by atoms with van der Waals surface area (Å²) in [6.45, 7) is 6.50. The lowest BCUT2D eigenvalue weighted by atomic mass is 10.0. The van der Waals surface area contributed by atoms with Crippen LogP contribution < -0.4 is 0 Å². The second kappa shape index (κ2) is 62.9. The smallest absolute Gasteiger partial charge is 0.306 e. The fraction of sp³-hybridized carbons (Fsp3) is 0.725. The molecule has 0 fully saturated rings. The molecule has 0 aliphatic heterocycles. The summed E-state index contributed by atoms with van der Waals surface area (Å²) in [5, 5.41) is 0. The van der Waals surface area contributed by atoms with Gasteiger partial charge in [0.15, 0.2) is 6.10 Å². The fourth-order valence-corrected chi connectivity index (χ4v) is 8.83. The number of carbonyl (C=O) groups is 3. The van der Waals surface area contributed by atoms with Gasteiger partial charge in [-0.25, -0.2) is 0 Å². The monoisotopic (exact) mass is 1040 g/mol. The van der Waals surface area contributed by atoms with Crippen LogP contribution in [0.2, 0.25) is 0 Å². The second-order valence-corrected chi connectivity index (χ2v) is 20.9. The van der Waals surface area contributed by atoms with Crippen LogP contribution in [0.15, 0.2) is 97.2 Å². The van der Waals surface area contributed by atoms with E-state index < -0.39 is 6.10 Å². The Morgan fingerprint density at radius 3 is 0.827 bits per heavy atom. The Balaban J connectivity index is 4.30. The zero-order chi connectivity index (χ0) is 54.3. The highest BCUT2D eigenvalue weighted by atomic mass is 16.6. The molecule has 0 N–H and O–H groups in total. The van der Waals surface area contributed by atoms with Gasteiger partial charge in [-0.3, -0.25) is 14.4 Å². The van der Waals surface area contributed by atoms with Gasteiger partial charge in [0.1, 0.15) is 13.2 Å². The minimum atomic E-state index is -0.795. The van der Waals surface area contributed by atoms with Crippen molar-refractivity contribution in [1.82, 2.24) is 0 Å². The van der Waals surface area contributed by atoms with E-state index >= 15 is 0 Å². The van der Waals surface area contributed by atoms with E-state index in [0.717, 1.165) is 109 Å². The first-order valence-corrected chi connectivity index (χ1v) is 31.7. The van der Waals surface area contributed by atoms with Crippen molar-refractivity contribution in [3.05, 3.63) is 97.2 Å². The molecule has 0 radical (unpaired) electrons. The summed E-state index contributed by atoms with van der Waals surface area (Å²) >= 11 is 0. The van der Waals surface area contributed by atoms with Gasteiger partial charge in [0.05, 0.1) is 0 Å². The number of rotatable bonds is 57. The van der Waals surface area contributed by atoms with Crippen molar-refractivity contribution in [2.75, 3.05) is 13.2 Å². The molecule has 1 unspecified atom stereocenters. The van der Waals surface area contributed by atoms with Gasteiger partial charge >= 0.3 is 17.9 Å². The molecule has 75 heavy (non-hydrogen) atoms. The summed E-state index contributed by atoms with van der Waals surface area (Å²) in [5.74, 6) is -0.916. The van der Waals surface area contributed by atoms with E-state index in [-0.39, 0.29) is 37.5 Å². The van der Waals surface area contributed by atoms with Crippen LogP contribution in [0.5, 0.6) is 0 Å². The van der Waals surface area contributed by atoms with Crippen LogP contribution in [0.25, 0.3) is 0 Å². The van der Waals surface area contributed by atoms with Gasteiger partial charge < -0.3 is 14.2 Å². The molecule has 0 spiro atoms. The molecule has 0 aromatic heterocycles. The van der Waals surface area contributed by atoms with E-state index in [1.165, 1.54) is 154 Å². The Labute approximate surface area is 464 Å². The van der Waals surface area contributed by atoms with E-state index in [2.05, 4.69) is 118 Å². The van der Waals surface area contributed by atoms with Crippen molar-refractivity contribution in [1.29, 1.82) is 0 Å². The van der Waals surface area contributed by atoms with Crippen LogP contribution in [0, 0.1) is 0 Å². The first-order chi connectivity index (χ1) is 37.0. The summed E-state index contributed by atoms with van der Waals surface area (Å²) in [7, 11) is 0. The Kier molecular flexibility index (Phi) is 59.8. The van der Waals surface area contributed by atoms with E-state index in [1.54, 1.807) is 0 Å². The van der Waals surface area contributed by atoms with Crippen molar-refractivity contribution in [3.63, 3.8) is 0 Å². The topological polar surface area (TPSA) is 78.9 Å². The number of unbranched alkanes of at least 4 members (excludes halogenated alkanes) is 30. The molecule has 0 aromatic rings. The normalized spacial score (nSPS) is 12.7. The predicted molar refractivity (Wildman–Crippen MR) is 325 cm³/mol. The number of ether oxygens (including phenoxy) is 3. The molecule has 430 valence electrons. The standard InChI is InChI=1S/C69H118O6/c1-4-7-10-13-16-19-22-24-26-28-30-31-32-33-34-35-36-37-39-40-42-44-47-50-53-56-59-62-68(71)74-65-66(64-73-67(70)61-58-55-52-49-46-21-18-15-12-9-6-3)75-69(72)63-60-57-54-51-48-45-43-41-38-29-27-25-23-20-17-14-11-8-5-2/h8,11,17,20,22,24-25,27-28,30,32-33,38,41,45,48,66H,4-7,9-10,12-16,18-19,21,23,26,29,31,34-37,39-40,42-44,46-47,49-65H2,1-3H3/b11-8-,20-17-,24-22-,27-25-,30-28-,33-32-,41-38-,48-45-. The summed E-state index contributed by atoms with van der Waals surface area (Å²) < 4.78 is 16.9. The quantitative estimate of drug-likeness (QED) is 0.0261. The minimum absolute atomic E-state index is 0.0894. The zero-order valence-corrected chi connectivity index (χ0v) is 49.3. The lowest BCUT2D eigenvalue weighted by molar-refractivity contribution is -0.167. The Hall–Kier alpha value is -3.67. The SMILES string of the molecule is CC/C=C\C/C=C\C/C=C\C/C=C\C/C=C\CCCCCC(=O)OC(COC(=O)CCCCCCCCCCCCC)COC(=O)CCCCCCCCCCCCCC/C=C\C/C=C\C/C=C\CCCCCCC. The lowest BCUT2D eigenvalue weighted by Gasteiger charge is -2.18. The molecule has 0 heterocycles. The Morgan fingerprint density at radius 1 is 0.280 bits per heavy atom. The summed E-state index contributed by atoms with van der Waals surface area (Å²) in [6.07, 6.45) is 84.2. The average molecular weight is 1040 g/mol. The first kappa shape index (κ1) is 71.3. The molecule has 0 saturated carbocycles. The third-order valence-electron chi connectivity index (χ3n) is 13.6. The highest BCUT2D eigenvalue weighted by Crippen LogP contribution is 2.16. The number of allylic oxidation sites excluding steroid dienone is 16. The maximum Gasteiger partial charge on any atom is 0.306 e. The van der Waals surface area contributed by atoms with Gasteiger partial charge in [0, 0.05) is 19.3 Å². The van der Waals surface area contributed by atoms with Gasteiger partial charge in [-0.05, 0) is 103 Å². The average Bonchev–Trinajstić information content (AvgIpc) is 3.41. The van der Waals surface area contributed by atoms with Crippen molar-refractivity contribution < 1.29 is 28.6 Å². The molecular formula is C69H118O6.